The highest BCUT2D eigenvalue weighted by atomic mass is 16.7. The van der Waals surface area contributed by atoms with Gasteiger partial charge in [-0.3, -0.25) is 4.79 Å². The molecule has 23 heavy (non-hydrogen) atoms. The first-order valence-electron chi connectivity index (χ1n) is 8.39. The maximum Gasteiger partial charge on any atom is 0.223 e. The van der Waals surface area contributed by atoms with Crippen LogP contribution in [0, 0.1) is 19.8 Å². The number of ether oxygens (including phenoxy) is 2. The van der Waals surface area contributed by atoms with Crippen molar-refractivity contribution in [2.24, 2.45) is 5.92 Å². The van der Waals surface area contributed by atoms with Crippen LogP contribution in [-0.4, -0.2) is 43.4 Å². The van der Waals surface area contributed by atoms with E-state index >= 15 is 0 Å². The van der Waals surface area contributed by atoms with Crippen molar-refractivity contribution in [1.82, 2.24) is 4.90 Å². The fourth-order valence-electron chi connectivity index (χ4n) is 3.27. The van der Waals surface area contributed by atoms with E-state index in [9.17, 15) is 4.79 Å². The Kier molecular flexibility index (Phi) is 5.13. The Morgan fingerprint density at radius 2 is 1.91 bits per heavy atom. The molecule has 1 aromatic carbocycles. The van der Waals surface area contributed by atoms with Crippen molar-refractivity contribution in [3.63, 3.8) is 0 Å². The van der Waals surface area contributed by atoms with E-state index in [-0.39, 0.29) is 12.2 Å². The molecule has 0 spiro atoms. The molecule has 2 fully saturated rings. The summed E-state index contributed by atoms with van der Waals surface area (Å²) in [4.78, 5) is 14.2. The summed E-state index contributed by atoms with van der Waals surface area (Å²) in [7, 11) is 0. The third-order valence-corrected chi connectivity index (χ3v) is 4.70. The van der Waals surface area contributed by atoms with Gasteiger partial charge in [-0.15, -0.1) is 0 Å². The maximum absolute atomic E-state index is 12.3. The average molecular weight is 315 g/mol. The van der Waals surface area contributed by atoms with Crippen LogP contribution in [0.4, 0.5) is 0 Å². The molecule has 0 N–H and O–H groups in total. The van der Waals surface area contributed by atoms with Crippen LogP contribution in [0.1, 0.15) is 29.5 Å². The second-order valence-electron chi connectivity index (χ2n) is 6.43. The van der Waals surface area contributed by atoms with E-state index in [4.69, 9.17) is 9.47 Å². The number of benzene rings is 1. The third-order valence-electron chi connectivity index (χ3n) is 4.70. The highest BCUT2D eigenvalue weighted by Gasteiger charge is 2.28. The minimum absolute atomic E-state index is 0.200. The Labute approximate surface area is 138 Å². The molecule has 0 bridgehead atoms. The van der Waals surface area contributed by atoms with Crippen molar-refractivity contribution < 1.29 is 14.3 Å². The average Bonchev–Trinajstić information content (AvgIpc) is 3.02. The number of likely N-dealkylation sites (tertiary alicyclic amines) is 1. The molecule has 3 rings (SSSR count). The smallest absolute Gasteiger partial charge is 0.223 e. The standard InChI is InChI=1S/C19H25NO3/c1-14-4-3-5-15(2)17(14)7-6-16-8-9-20(18(21)12-16)13-19-22-10-11-23-19/h3-7,16,19H,8-13H2,1-2H3/b7-6+. The van der Waals surface area contributed by atoms with Gasteiger partial charge in [0.1, 0.15) is 0 Å². The van der Waals surface area contributed by atoms with Gasteiger partial charge < -0.3 is 14.4 Å². The monoisotopic (exact) mass is 315 g/mol. The number of aryl methyl sites for hydroxylation is 2. The Balaban J connectivity index is 1.57. The molecule has 2 saturated heterocycles. The van der Waals surface area contributed by atoms with E-state index in [0.717, 1.165) is 13.0 Å². The van der Waals surface area contributed by atoms with Crippen LogP contribution in [0.3, 0.4) is 0 Å². The van der Waals surface area contributed by atoms with Crippen LogP contribution in [0.5, 0.6) is 0 Å². The molecule has 0 aromatic heterocycles. The Hall–Kier alpha value is -1.65. The topological polar surface area (TPSA) is 38.8 Å². The van der Waals surface area contributed by atoms with Crippen molar-refractivity contribution in [2.45, 2.75) is 33.0 Å². The SMILES string of the molecule is Cc1cccc(C)c1/C=C/C1CCN(CC2OCCO2)C(=O)C1. The predicted octanol–water partition coefficient (Wildman–Crippen LogP) is 2.93. The number of carbonyl (C=O) groups is 1. The molecule has 1 aromatic rings. The number of carbonyl (C=O) groups excluding carboxylic acids is 1. The van der Waals surface area contributed by atoms with Crippen LogP contribution >= 0.6 is 0 Å². The summed E-state index contributed by atoms with van der Waals surface area (Å²) < 4.78 is 10.9. The predicted molar refractivity (Wildman–Crippen MR) is 89.9 cm³/mol. The van der Waals surface area contributed by atoms with Crippen LogP contribution in [0.25, 0.3) is 6.08 Å². The quantitative estimate of drug-likeness (QED) is 0.857. The second kappa shape index (κ2) is 7.28. The highest BCUT2D eigenvalue weighted by Crippen LogP contribution is 2.23. The summed E-state index contributed by atoms with van der Waals surface area (Å²) in [5.41, 5.74) is 3.83. The van der Waals surface area contributed by atoms with E-state index in [1.807, 2.05) is 4.90 Å². The molecule has 4 heteroatoms. The molecular formula is C19H25NO3. The zero-order chi connectivity index (χ0) is 16.2. The summed E-state index contributed by atoms with van der Waals surface area (Å²) >= 11 is 0. The van der Waals surface area contributed by atoms with Crippen molar-refractivity contribution in [3.8, 4) is 0 Å². The zero-order valence-electron chi connectivity index (χ0n) is 14.0. The van der Waals surface area contributed by atoms with Crippen molar-refractivity contribution in [2.75, 3.05) is 26.3 Å². The molecule has 0 aliphatic carbocycles. The van der Waals surface area contributed by atoms with Crippen LogP contribution < -0.4 is 0 Å². The van der Waals surface area contributed by atoms with E-state index in [1.165, 1.54) is 16.7 Å². The second-order valence-corrected chi connectivity index (χ2v) is 6.43. The summed E-state index contributed by atoms with van der Waals surface area (Å²) in [6.07, 6.45) is 5.73. The maximum atomic E-state index is 12.3. The Morgan fingerprint density at radius 3 is 2.57 bits per heavy atom. The number of piperidine rings is 1. The molecule has 124 valence electrons. The first-order valence-corrected chi connectivity index (χ1v) is 8.39. The van der Waals surface area contributed by atoms with E-state index in [1.54, 1.807) is 0 Å². The molecule has 0 radical (unpaired) electrons. The molecule has 2 aliphatic rings. The lowest BCUT2D eigenvalue weighted by atomic mass is 9.93. The molecule has 1 atom stereocenters. The van der Waals surface area contributed by atoms with Crippen LogP contribution in [0.15, 0.2) is 24.3 Å². The van der Waals surface area contributed by atoms with Gasteiger partial charge in [0.05, 0.1) is 19.8 Å². The minimum atomic E-state index is -0.235. The van der Waals surface area contributed by atoms with Gasteiger partial charge in [0.2, 0.25) is 5.91 Å². The number of hydrogen-bond acceptors (Lipinski definition) is 3. The van der Waals surface area contributed by atoms with Crippen molar-refractivity contribution in [1.29, 1.82) is 0 Å². The summed E-state index contributed by atoms with van der Waals surface area (Å²) in [6.45, 7) is 6.86. The zero-order valence-corrected chi connectivity index (χ0v) is 14.0. The molecule has 4 nitrogen and oxygen atoms in total. The van der Waals surface area contributed by atoms with Gasteiger partial charge in [0, 0.05) is 13.0 Å². The van der Waals surface area contributed by atoms with Gasteiger partial charge in [0.25, 0.3) is 0 Å². The normalized spacial score (nSPS) is 23.1. The molecule has 2 aliphatic heterocycles. The molecule has 2 heterocycles. The molecule has 1 unspecified atom stereocenters. The minimum Gasteiger partial charge on any atom is -0.348 e. The van der Waals surface area contributed by atoms with Crippen molar-refractivity contribution >= 4 is 12.0 Å². The van der Waals surface area contributed by atoms with Gasteiger partial charge in [0.15, 0.2) is 6.29 Å². The number of allylic oxidation sites excluding steroid dienone is 1. The number of amides is 1. The molecular weight excluding hydrogens is 290 g/mol. The van der Waals surface area contributed by atoms with Gasteiger partial charge >= 0.3 is 0 Å². The lowest BCUT2D eigenvalue weighted by Crippen LogP contribution is -2.42. The van der Waals surface area contributed by atoms with Crippen LogP contribution in [0.2, 0.25) is 0 Å². The number of rotatable bonds is 4. The van der Waals surface area contributed by atoms with E-state index in [0.29, 0.717) is 32.1 Å². The Morgan fingerprint density at radius 1 is 1.22 bits per heavy atom. The lowest BCUT2D eigenvalue weighted by Gasteiger charge is -2.31. The van der Waals surface area contributed by atoms with Gasteiger partial charge in [-0.2, -0.15) is 0 Å². The fourth-order valence-corrected chi connectivity index (χ4v) is 3.27. The van der Waals surface area contributed by atoms with E-state index < -0.39 is 0 Å². The molecule has 0 saturated carbocycles. The highest BCUT2D eigenvalue weighted by molar-refractivity contribution is 5.77. The van der Waals surface area contributed by atoms with E-state index in [2.05, 4.69) is 44.2 Å². The van der Waals surface area contributed by atoms with Crippen LogP contribution in [-0.2, 0) is 14.3 Å². The van der Waals surface area contributed by atoms with Gasteiger partial charge in [-0.05, 0) is 42.9 Å². The van der Waals surface area contributed by atoms with Crippen molar-refractivity contribution in [3.05, 3.63) is 41.0 Å². The first kappa shape index (κ1) is 16.2. The van der Waals surface area contributed by atoms with Gasteiger partial charge in [-0.1, -0.05) is 30.4 Å². The fraction of sp³-hybridized carbons (Fsp3) is 0.526. The third kappa shape index (κ3) is 4.01. The molecule has 1 amide bonds. The summed E-state index contributed by atoms with van der Waals surface area (Å²) in [5, 5.41) is 0. The van der Waals surface area contributed by atoms with Gasteiger partial charge in [-0.25, -0.2) is 0 Å². The summed E-state index contributed by atoms with van der Waals surface area (Å²) in [5.74, 6) is 0.523. The summed E-state index contributed by atoms with van der Waals surface area (Å²) in [6, 6.07) is 6.33. The first-order chi connectivity index (χ1) is 11.1. The number of nitrogens with zero attached hydrogens (tertiary/aromatic N) is 1. The largest absolute Gasteiger partial charge is 0.348 e. The Bertz CT molecular complexity index is 570. The lowest BCUT2D eigenvalue weighted by molar-refractivity contribution is -0.141. The number of hydrogen-bond donors (Lipinski definition) is 0.